The van der Waals surface area contributed by atoms with Crippen LogP contribution < -0.4 is 14.8 Å². The molecule has 0 aliphatic carbocycles. The molecule has 7 heteroatoms. The molecule has 1 atom stereocenters. The Morgan fingerprint density at radius 1 is 1.00 bits per heavy atom. The van der Waals surface area contributed by atoms with E-state index in [0.717, 1.165) is 33.3 Å². The lowest BCUT2D eigenvalue weighted by Gasteiger charge is -2.14. The summed E-state index contributed by atoms with van der Waals surface area (Å²) in [5.41, 5.74) is 2.78. The van der Waals surface area contributed by atoms with Crippen molar-refractivity contribution >= 4 is 17.7 Å². The van der Waals surface area contributed by atoms with Gasteiger partial charge in [-0.25, -0.2) is 9.97 Å². The van der Waals surface area contributed by atoms with E-state index >= 15 is 0 Å². The van der Waals surface area contributed by atoms with Crippen LogP contribution >= 0.6 is 11.8 Å². The number of nitrogens with one attached hydrogen (secondary N) is 1. The maximum atomic E-state index is 12.4. The molecule has 3 aromatic rings. The molecule has 0 bridgehead atoms. The predicted octanol–water partition coefficient (Wildman–Crippen LogP) is 4.44. The zero-order chi connectivity index (χ0) is 21.5. The van der Waals surface area contributed by atoms with Crippen LogP contribution in [0.25, 0.3) is 11.4 Å². The third-order valence-electron chi connectivity index (χ3n) is 4.52. The number of carbonyl (C=O) groups excluding carboxylic acids is 1. The van der Waals surface area contributed by atoms with Gasteiger partial charge in [0.2, 0.25) is 5.91 Å². The number of carbonyl (C=O) groups is 1. The Labute approximate surface area is 181 Å². The van der Waals surface area contributed by atoms with E-state index in [-0.39, 0.29) is 17.7 Å². The zero-order valence-corrected chi connectivity index (χ0v) is 18.3. The topological polar surface area (TPSA) is 73.3 Å². The second kappa shape index (κ2) is 10.1. The Bertz CT molecular complexity index is 992. The number of amides is 1. The third kappa shape index (κ3) is 5.73. The molecule has 1 aromatic heterocycles. The summed E-state index contributed by atoms with van der Waals surface area (Å²) >= 11 is 1.39. The van der Waals surface area contributed by atoms with E-state index in [4.69, 9.17) is 9.47 Å². The summed E-state index contributed by atoms with van der Waals surface area (Å²) in [7, 11) is 3.26. The molecular weight excluding hydrogens is 398 g/mol. The Kier molecular flexibility index (Phi) is 7.30. The van der Waals surface area contributed by atoms with Crippen molar-refractivity contribution in [1.82, 2.24) is 15.3 Å². The molecule has 1 heterocycles. The Morgan fingerprint density at radius 2 is 1.60 bits per heavy atom. The van der Waals surface area contributed by atoms with E-state index in [1.807, 2.05) is 68.4 Å². The largest absolute Gasteiger partial charge is 0.497 e. The number of ether oxygens (including phenoxy) is 2. The number of hydrogen-bond acceptors (Lipinski definition) is 6. The number of methoxy groups -OCH3 is 2. The van der Waals surface area contributed by atoms with Crippen molar-refractivity contribution in [2.45, 2.75) is 24.9 Å². The highest BCUT2D eigenvalue weighted by Crippen LogP contribution is 2.24. The van der Waals surface area contributed by atoms with E-state index < -0.39 is 0 Å². The monoisotopic (exact) mass is 423 g/mol. The maximum absolute atomic E-state index is 12.4. The minimum atomic E-state index is -0.0917. The van der Waals surface area contributed by atoms with E-state index in [1.165, 1.54) is 11.8 Å². The van der Waals surface area contributed by atoms with Gasteiger partial charge in [-0.15, -0.1) is 0 Å². The summed E-state index contributed by atoms with van der Waals surface area (Å²) < 4.78 is 10.4. The first-order valence-corrected chi connectivity index (χ1v) is 10.5. The fourth-order valence-corrected chi connectivity index (χ4v) is 3.65. The quantitative estimate of drug-likeness (QED) is 0.427. The average Bonchev–Trinajstić information content (AvgIpc) is 2.77. The van der Waals surface area contributed by atoms with Gasteiger partial charge in [0.25, 0.3) is 0 Å². The second-order valence-corrected chi connectivity index (χ2v) is 7.75. The lowest BCUT2D eigenvalue weighted by atomic mass is 10.1. The molecule has 1 amide bonds. The van der Waals surface area contributed by atoms with Crippen LogP contribution in [0.15, 0.2) is 59.6 Å². The fraction of sp³-hybridized carbons (Fsp3) is 0.261. The molecule has 156 valence electrons. The van der Waals surface area contributed by atoms with Gasteiger partial charge in [0.15, 0.2) is 5.82 Å². The third-order valence-corrected chi connectivity index (χ3v) is 5.43. The van der Waals surface area contributed by atoms with Crippen molar-refractivity contribution in [1.29, 1.82) is 0 Å². The van der Waals surface area contributed by atoms with Gasteiger partial charge in [0.05, 0.1) is 26.0 Å². The predicted molar refractivity (Wildman–Crippen MR) is 119 cm³/mol. The first-order chi connectivity index (χ1) is 14.5. The molecule has 0 radical (unpaired) electrons. The molecule has 30 heavy (non-hydrogen) atoms. The minimum absolute atomic E-state index is 0.0504. The van der Waals surface area contributed by atoms with Crippen molar-refractivity contribution < 1.29 is 14.3 Å². The maximum Gasteiger partial charge on any atom is 0.230 e. The molecule has 0 aliphatic rings. The Balaban J connectivity index is 1.61. The first kappa shape index (κ1) is 21.6. The van der Waals surface area contributed by atoms with Crippen molar-refractivity contribution in [2.75, 3.05) is 20.0 Å². The van der Waals surface area contributed by atoms with Crippen LogP contribution in [0.1, 0.15) is 24.2 Å². The summed E-state index contributed by atoms with van der Waals surface area (Å²) in [5, 5.41) is 3.78. The standard InChI is InChI=1S/C23H25N3O3S/c1-15-13-22(26-23(24-15)18-7-11-20(29-4)12-8-18)30-14-21(27)25-16(2)17-5-9-19(28-3)10-6-17/h5-13,16H,14H2,1-4H3,(H,25,27)/t16-/m1/s1. The molecule has 0 fully saturated rings. The van der Waals surface area contributed by atoms with Gasteiger partial charge in [-0.05, 0) is 61.9 Å². The summed E-state index contributed by atoms with van der Waals surface area (Å²) in [6.45, 7) is 3.88. The molecule has 0 unspecified atom stereocenters. The molecule has 3 rings (SSSR count). The van der Waals surface area contributed by atoms with Gasteiger partial charge in [-0.2, -0.15) is 0 Å². The molecule has 0 saturated carbocycles. The summed E-state index contributed by atoms with van der Waals surface area (Å²) in [6.07, 6.45) is 0. The lowest BCUT2D eigenvalue weighted by Crippen LogP contribution is -2.28. The minimum Gasteiger partial charge on any atom is -0.497 e. The van der Waals surface area contributed by atoms with E-state index in [0.29, 0.717) is 5.82 Å². The van der Waals surface area contributed by atoms with Crippen LogP contribution in [-0.4, -0.2) is 35.8 Å². The van der Waals surface area contributed by atoms with Crippen LogP contribution in [0.4, 0.5) is 0 Å². The lowest BCUT2D eigenvalue weighted by molar-refractivity contribution is -0.119. The number of aryl methyl sites for hydroxylation is 1. The fourth-order valence-electron chi connectivity index (χ4n) is 2.88. The van der Waals surface area contributed by atoms with E-state index in [1.54, 1.807) is 14.2 Å². The van der Waals surface area contributed by atoms with Crippen LogP contribution in [0.2, 0.25) is 0 Å². The number of thioether (sulfide) groups is 1. The molecule has 0 aliphatic heterocycles. The molecule has 1 N–H and O–H groups in total. The van der Waals surface area contributed by atoms with Gasteiger partial charge >= 0.3 is 0 Å². The zero-order valence-electron chi connectivity index (χ0n) is 17.5. The molecule has 0 spiro atoms. The van der Waals surface area contributed by atoms with Crippen LogP contribution in [-0.2, 0) is 4.79 Å². The molecule has 6 nitrogen and oxygen atoms in total. The van der Waals surface area contributed by atoms with Gasteiger partial charge in [0.1, 0.15) is 16.5 Å². The second-order valence-electron chi connectivity index (χ2n) is 6.75. The Hall–Kier alpha value is -3.06. The summed E-state index contributed by atoms with van der Waals surface area (Å²) in [6, 6.07) is 17.1. The van der Waals surface area contributed by atoms with Gasteiger partial charge in [0, 0.05) is 11.3 Å². The van der Waals surface area contributed by atoms with Crippen LogP contribution in [0, 0.1) is 6.92 Å². The van der Waals surface area contributed by atoms with Crippen LogP contribution in [0.3, 0.4) is 0 Å². The SMILES string of the molecule is COc1ccc(-c2nc(C)cc(SCC(=O)N[C@H](C)c3ccc(OC)cc3)n2)cc1. The highest BCUT2D eigenvalue weighted by Gasteiger charge is 2.12. The first-order valence-electron chi connectivity index (χ1n) is 9.54. The molecule has 0 saturated heterocycles. The smallest absolute Gasteiger partial charge is 0.230 e. The highest BCUT2D eigenvalue weighted by molar-refractivity contribution is 7.99. The van der Waals surface area contributed by atoms with Crippen molar-refractivity contribution in [2.24, 2.45) is 0 Å². The number of rotatable bonds is 8. The van der Waals surface area contributed by atoms with E-state index in [9.17, 15) is 4.79 Å². The molecule has 2 aromatic carbocycles. The van der Waals surface area contributed by atoms with Gasteiger partial charge < -0.3 is 14.8 Å². The van der Waals surface area contributed by atoms with E-state index in [2.05, 4.69) is 15.3 Å². The number of aromatic nitrogens is 2. The van der Waals surface area contributed by atoms with Crippen molar-refractivity contribution in [3.05, 3.63) is 65.9 Å². The normalized spacial score (nSPS) is 11.6. The molecular formula is C23H25N3O3S. The summed E-state index contributed by atoms with van der Waals surface area (Å²) in [5.74, 6) is 2.43. The van der Waals surface area contributed by atoms with Crippen molar-refractivity contribution in [3.63, 3.8) is 0 Å². The van der Waals surface area contributed by atoms with Gasteiger partial charge in [-0.3, -0.25) is 4.79 Å². The Morgan fingerprint density at radius 3 is 2.20 bits per heavy atom. The van der Waals surface area contributed by atoms with Crippen molar-refractivity contribution in [3.8, 4) is 22.9 Å². The number of nitrogens with zero attached hydrogens (tertiary/aromatic N) is 2. The average molecular weight is 424 g/mol. The number of hydrogen-bond donors (Lipinski definition) is 1. The van der Waals surface area contributed by atoms with Gasteiger partial charge in [-0.1, -0.05) is 23.9 Å². The van der Waals surface area contributed by atoms with Crippen LogP contribution in [0.5, 0.6) is 11.5 Å². The number of benzene rings is 2. The summed E-state index contributed by atoms with van der Waals surface area (Å²) in [4.78, 5) is 21.5. The highest BCUT2D eigenvalue weighted by atomic mass is 32.2.